The first kappa shape index (κ1) is 23.3. The normalized spacial score (nSPS) is 18.3. The van der Waals surface area contributed by atoms with E-state index in [-0.39, 0.29) is 19.1 Å². The summed E-state index contributed by atoms with van der Waals surface area (Å²) in [5.74, 6) is -0.295. The molecule has 0 bridgehead atoms. The number of carbonyl (C=O) groups excluding carboxylic acids is 1. The standard InChI is InChI=1S/C27H25NO8/c1-32-21-10-16(11-22(33-2)26(21)34-3)25-24(27(30)31)18-7-5-4-6-15(18)12-23(29)28(25)17-8-9-19-20(13-17)36-14-35-19/h4-11,13,24-25H,12,14H2,1-3H3,(H,30,31)/t24-,25+/m0/s1. The smallest absolute Gasteiger partial charge is 0.313 e. The number of fused-ring (bicyclic) bond motifs is 2. The lowest BCUT2D eigenvalue weighted by Gasteiger charge is -2.35. The van der Waals surface area contributed by atoms with E-state index >= 15 is 0 Å². The highest BCUT2D eigenvalue weighted by atomic mass is 16.7. The molecule has 2 aliphatic rings. The van der Waals surface area contributed by atoms with E-state index in [4.69, 9.17) is 23.7 Å². The molecule has 3 aromatic rings. The van der Waals surface area contributed by atoms with Crippen molar-refractivity contribution in [3.63, 3.8) is 0 Å². The van der Waals surface area contributed by atoms with Crippen LogP contribution in [0.25, 0.3) is 0 Å². The van der Waals surface area contributed by atoms with Gasteiger partial charge in [-0.2, -0.15) is 0 Å². The van der Waals surface area contributed by atoms with Gasteiger partial charge in [-0.25, -0.2) is 0 Å². The Labute approximate surface area is 207 Å². The van der Waals surface area contributed by atoms with Crippen LogP contribution in [0.5, 0.6) is 28.7 Å². The van der Waals surface area contributed by atoms with Gasteiger partial charge in [0.15, 0.2) is 23.0 Å². The van der Waals surface area contributed by atoms with E-state index in [9.17, 15) is 14.7 Å². The molecule has 0 aromatic heterocycles. The summed E-state index contributed by atoms with van der Waals surface area (Å²) in [7, 11) is 4.46. The minimum absolute atomic E-state index is 0.0370. The Morgan fingerprint density at radius 1 is 0.944 bits per heavy atom. The van der Waals surface area contributed by atoms with Crippen LogP contribution in [0, 0.1) is 0 Å². The highest BCUT2D eigenvalue weighted by Crippen LogP contribution is 2.48. The maximum atomic E-state index is 13.8. The van der Waals surface area contributed by atoms with Gasteiger partial charge in [-0.05, 0) is 41.0 Å². The lowest BCUT2D eigenvalue weighted by atomic mass is 9.84. The van der Waals surface area contributed by atoms with Crippen molar-refractivity contribution in [1.29, 1.82) is 0 Å². The molecule has 5 rings (SSSR count). The number of hydrogen-bond acceptors (Lipinski definition) is 7. The Morgan fingerprint density at radius 3 is 2.31 bits per heavy atom. The number of carboxylic acids is 1. The number of amides is 1. The molecule has 2 heterocycles. The Morgan fingerprint density at radius 2 is 1.64 bits per heavy atom. The zero-order valence-electron chi connectivity index (χ0n) is 20.0. The second kappa shape index (κ2) is 9.33. The highest BCUT2D eigenvalue weighted by molar-refractivity contribution is 5.99. The predicted molar refractivity (Wildman–Crippen MR) is 129 cm³/mol. The number of carbonyl (C=O) groups is 2. The molecule has 0 spiro atoms. The minimum atomic E-state index is -1.08. The summed E-state index contributed by atoms with van der Waals surface area (Å²) in [6.07, 6.45) is 0.0370. The third kappa shape index (κ3) is 3.82. The zero-order valence-corrected chi connectivity index (χ0v) is 20.0. The Balaban J connectivity index is 1.78. The van der Waals surface area contributed by atoms with Gasteiger partial charge in [0.1, 0.15) is 5.92 Å². The summed E-state index contributed by atoms with van der Waals surface area (Å²) in [6.45, 7) is 0.0756. The molecule has 2 aliphatic heterocycles. The van der Waals surface area contributed by atoms with E-state index in [0.29, 0.717) is 51.1 Å². The molecule has 0 fully saturated rings. The van der Waals surface area contributed by atoms with Crippen LogP contribution in [0.1, 0.15) is 28.7 Å². The summed E-state index contributed by atoms with van der Waals surface area (Å²) in [5, 5.41) is 10.5. The first-order valence-electron chi connectivity index (χ1n) is 11.3. The molecule has 1 amide bonds. The van der Waals surface area contributed by atoms with Crippen molar-refractivity contribution in [2.45, 2.75) is 18.4 Å². The summed E-state index contributed by atoms with van der Waals surface area (Å²) < 4.78 is 27.5. The van der Waals surface area contributed by atoms with E-state index in [0.717, 1.165) is 0 Å². The largest absolute Gasteiger partial charge is 0.493 e. The van der Waals surface area contributed by atoms with E-state index in [1.165, 1.54) is 26.2 Å². The lowest BCUT2D eigenvalue weighted by Crippen LogP contribution is -2.39. The van der Waals surface area contributed by atoms with E-state index in [1.54, 1.807) is 54.6 Å². The fourth-order valence-electron chi connectivity index (χ4n) is 4.94. The van der Waals surface area contributed by atoms with E-state index < -0.39 is 17.9 Å². The molecular weight excluding hydrogens is 466 g/mol. The molecule has 2 atom stereocenters. The van der Waals surface area contributed by atoms with Gasteiger partial charge in [-0.15, -0.1) is 0 Å². The fourth-order valence-corrected chi connectivity index (χ4v) is 4.94. The van der Waals surface area contributed by atoms with Gasteiger partial charge in [0.25, 0.3) is 0 Å². The van der Waals surface area contributed by atoms with Crippen LogP contribution in [-0.4, -0.2) is 45.1 Å². The number of rotatable bonds is 6. The van der Waals surface area contributed by atoms with Gasteiger partial charge in [0.2, 0.25) is 18.4 Å². The van der Waals surface area contributed by atoms with Crippen molar-refractivity contribution in [1.82, 2.24) is 0 Å². The summed E-state index contributed by atoms with van der Waals surface area (Å²) in [5.41, 5.74) is 2.23. The first-order valence-corrected chi connectivity index (χ1v) is 11.3. The van der Waals surface area contributed by atoms with Crippen molar-refractivity contribution < 1.29 is 38.4 Å². The maximum Gasteiger partial charge on any atom is 0.313 e. The molecular formula is C27H25NO8. The van der Waals surface area contributed by atoms with Crippen molar-refractivity contribution in [3.05, 3.63) is 71.3 Å². The molecule has 0 saturated carbocycles. The van der Waals surface area contributed by atoms with Crippen molar-refractivity contribution in [2.75, 3.05) is 33.0 Å². The molecule has 0 aliphatic carbocycles. The molecule has 0 radical (unpaired) electrons. The van der Waals surface area contributed by atoms with Gasteiger partial charge in [-0.3, -0.25) is 9.59 Å². The average Bonchev–Trinajstić information content (AvgIpc) is 3.31. The van der Waals surface area contributed by atoms with Crippen molar-refractivity contribution >= 4 is 17.6 Å². The first-order chi connectivity index (χ1) is 17.5. The number of aliphatic carboxylic acids is 1. The van der Waals surface area contributed by atoms with Crippen LogP contribution in [0.3, 0.4) is 0 Å². The number of methoxy groups -OCH3 is 3. The number of nitrogens with zero attached hydrogens (tertiary/aromatic N) is 1. The number of anilines is 1. The van der Waals surface area contributed by atoms with Crippen LogP contribution < -0.4 is 28.6 Å². The predicted octanol–water partition coefficient (Wildman–Crippen LogP) is 3.94. The van der Waals surface area contributed by atoms with Crippen LogP contribution >= 0.6 is 0 Å². The van der Waals surface area contributed by atoms with Gasteiger partial charge in [0.05, 0.1) is 33.8 Å². The SMILES string of the molecule is COc1cc([C@@H]2[C@@H](C(=O)O)c3ccccc3CC(=O)N2c2ccc3c(c2)OCO3)cc(OC)c1OC. The number of ether oxygens (including phenoxy) is 5. The Kier molecular flexibility index (Phi) is 6.05. The highest BCUT2D eigenvalue weighted by Gasteiger charge is 2.43. The lowest BCUT2D eigenvalue weighted by molar-refractivity contribution is -0.139. The molecule has 186 valence electrons. The molecule has 9 heteroatoms. The number of benzene rings is 3. The Bertz CT molecular complexity index is 1310. The Hall–Kier alpha value is -4.40. The summed E-state index contributed by atoms with van der Waals surface area (Å²) >= 11 is 0. The molecule has 9 nitrogen and oxygen atoms in total. The zero-order chi connectivity index (χ0) is 25.4. The van der Waals surface area contributed by atoms with Crippen molar-refractivity contribution in [3.8, 4) is 28.7 Å². The monoisotopic (exact) mass is 491 g/mol. The fraction of sp³-hybridized carbons (Fsp3) is 0.259. The van der Waals surface area contributed by atoms with E-state index in [2.05, 4.69) is 0 Å². The van der Waals surface area contributed by atoms with Gasteiger partial charge in [-0.1, -0.05) is 24.3 Å². The molecule has 3 aromatic carbocycles. The van der Waals surface area contributed by atoms with Crippen LogP contribution in [0.15, 0.2) is 54.6 Å². The molecule has 0 unspecified atom stereocenters. The van der Waals surface area contributed by atoms with Crippen molar-refractivity contribution in [2.24, 2.45) is 0 Å². The van der Waals surface area contributed by atoms with Gasteiger partial charge >= 0.3 is 5.97 Å². The summed E-state index contributed by atoms with van der Waals surface area (Å²) in [6, 6.07) is 14.7. The summed E-state index contributed by atoms with van der Waals surface area (Å²) in [4.78, 5) is 28.2. The van der Waals surface area contributed by atoms with E-state index in [1.807, 2.05) is 0 Å². The van der Waals surface area contributed by atoms with Gasteiger partial charge in [0, 0.05) is 11.8 Å². The number of hydrogen-bond donors (Lipinski definition) is 1. The molecule has 1 N–H and O–H groups in total. The number of carboxylic acid groups (broad SMARTS) is 1. The van der Waals surface area contributed by atoms with Crippen LogP contribution in [0.4, 0.5) is 5.69 Å². The van der Waals surface area contributed by atoms with Crippen LogP contribution in [-0.2, 0) is 16.0 Å². The minimum Gasteiger partial charge on any atom is -0.493 e. The quantitative estimate of drug-likeness (QED) is 0.553. The maximum absolute atomic E-state index is 13.8. The van der Waals surface area contributed by atoms with Gasteiger partial charge < -0.3 is 33.7 Å². The molecule has 0 saturated heterocycles. The molecule has 36 heavy (non-hydrogen) atoms. The second-order valence-corrected chi connectivity index (χ2v) is 8.40. The second-order valence-electron chi connectivity index (χ2n) is 8.40. The third-order valence-electron chi connectivity index (χ3n) is 6.52. The third-order valence-corrected chi connectivity index (χ3v) is 6.52. The topological polar surface area (TPSA) is 104 Å². The van der Waals surface area contributed by atoms with Crippen LogP contribution in [0.2, 0.25) is 0 Å². The average molecular weight is 491 g/mol.